The van der Waals surface area contributed by atoms with E-state index < -0.39 is 30.9 Å². The number of thioether (sulfide) groups is 1. The van der Waals surface area contributed by atoms with Crippen LogP contribution in [0.4, 0.5) is 4.79 Å². The number of fused-ring (bicyclic) bond motifs is 1. The van der Waals surface area contributed by atoms with Crippen molar-refractivity contribution in [3.05, 3.63) is 47.7 Å². The van der Waals surface area contributed by atoms with Crippen molar-refractivity contribution < 1.29 is 37.6 Å². The molecule has 0 bridgehead atoms. The monoisotopic (exact) mass is 786 g/mol. The number of methoxy groups -OCH3 is 5. The second-order valence-corrected chi connectivity index (χ2v) is 21.3. The highest BCUT2D eigenvalue weighted by Gasteiger charge is 2.42. The molecule has 3 aromatic rings. The van der Waals surface area contributed by atoms with Gasteiger partial charge in [-0.3, -0.25) is 4.90 Å². The lowest BCUT2D eigenvalue weighted by Crippen LogP contribution is -2.44. The van der Waals surface area contributed by atoms with Gasteiger partial charge in [-0.2, -0.15) is 0 Å². The third kappa shape index (κ3) is 8.58. The second kappa shape index (κ2) is 16.2. The van der Waals surface area contributed by atoms with Gasteiger partial charge < -0.3 is 32.8 Å². The molecule has 1 aliphatic heterocycles. The normalized spacial score (nSPS) is 14.8. The topological polar surface area (TPSA) is 97.8 Å². The maximum absolute atomic E-state index is 13.8. The van der Waals surface area contributed by atoms with Crippen molar-refractivity contribution in [1.29, 1.82) is 0 Å². The third-order valence-electron chi connectivity index (χ3n) is 8.97. The summed E-state index contributed by atoms with van der Waals surface area (Å²) < 4.78 is 40.5. The van der Waals surface area contributed by atoms with Gasteiger partial charge in [0.2, 0.25) is 9.54 Å². The van der Waals surface area contributed by atoms with Crippen LogP contribution in [0.5, 0.6) is 34.5 Å². The molecule has 1 amide bonds. The van der Waals surface area contributed by atoms with E-state index in [2.05, 4.69) is 38.8 Å². The van der Waals surface area contributed by atoms with Gasteiger partial charge in [-0.05, 0) is 59.9 Å². The summed E-state index contributed by atoms with van der Waals surface area (Å²) in [4.78, 5) is 19.9. The van der Waals surface area contributed by atoms with Crippen molar-refractivity contribution in [1.82, 2.24) is 9.88 Å². The molecule has 1 aliphatic rings. The minimum atomic E-state index is -2.32. The molecule has 0 saturated carbocycles. The predicted octanol–water partition coefficient (Wildman–Crippen LogP) is 9.37. The molecule has 0 N–H and O–H groups in total. The first kappa shape index (κ1) is 39.9. The summed E-state index contributed by atoms with van der Waals surface area (Å²) in [5.41, 5.74) is 2.94. The Kier molecular flexibility index (Phi) is 12.9. The van der Waals surface area contributed by atoms with Gasteiger partial charge >= 0.3 is 6.09 Å². The summed E-state index contributed by atoms with van der Waals surface area (Å²) in [7, 11) is 5.56. The molecule has 0 spiro atoms. The Bertz CT molecular complexity index is 1640. The van der Waals surface area contributed by atoms with Gasteiger partial charge in [0.05, 0.1) is 46.6 Å². The number of ether oxygens (including phenoxy) is 6. The SMILES string of the molecule is COc1cc(-c2c(OC)c(OC)c(OC)c3c2C(CSc2ccccn2)N(C(=O)OCC(Cl)(Cl)Cl)CC3)cc(OC)c1O[Si](C)(C)C(C)(C)C. The summed E-state index contributed by atoms with van der Waals surface area (Å²) in [6.07, 6.45) is 1.49. The molecule has 1 unspecified atom stereocenters. The average Bonchev–Trinajstić information content (AvgIpc) is 3.07. The molecule has 50 heavy (non-hydrogen) atoms. The number of benzene rings is 2. The Morgan fingerprint density at radius 2 is 1.54 bits per heavy atom. The lowest BCUT2D eigenvalue weighted by Gasteiger charge is -2.39. The number of alkyl halides is 3. The number of pyridine rings is 1. The third-order valence-corrected chi connectivity index (χ3v) is 14.6. The molecule has 0 fully saturated rings. The molecule has 15 heteroatoms. The number of amides is 1. The fourth-order valence-electron chi connectivity index (χ4n) is 5.54. The number of nitrogens with zero attached hydrogens (tertiary/aromatic N) is 2. The molecular formula is C35H45Cl3N2O8SSi. The molecular weight excluding hydrogens is 743 g/mol. The Morgan fingerprint density at radius 1 is 0.920 bits per heavy atom. The number of aromatic nitrogens is 1. The minimum absolute atomic E-state index is 0.0834. The van der Waals surface area contributed by atoms with Gasteiger partial charge in [0.25, 0.3) is 8.32 Å². The first-order valence-corrected chi connectivity index (χ1v) is 20.9. The zero-order valence-corrected chi connectivity index (χ0v) is 34.2. The second-order valence-electron chi connectivity index (χ2n) is 13.0. The van der Waals surface area contributed by atoms with E-state index in [1.165, 1.54) is 11.8 Å². The quantitative estimate of drug-likeness (QED) is 0.100. The van der Waals surface area contributed by atoms with Crippen molar-refractivity contribution >= 4 is 61.0 Å². The highest BCUT2D eigenvalue weighted by molar-refractivity contribution is 7.99. The smallest absolute Gasteiger partial charge is 0.410 e. The van der Waals surface area contributed by atoms with E-state index in [1.807, 2.05) is 30.3 Å². The van der Waals surface area contributed by atoms with E-state index in [9.17, 15) is 4.79 Å². The van der Waals surface area contributed by atoms with Crippen LogP contribution in [0.25, 0.3) is 11.1 Å². The summed E-state index contributed by atoms with van der Waals surface area (Å²) in [6.45, 7) is 10.7. The van der Waals surface area contributed by atoms with Gasteiger partial charge in [-0.25, -0.2) is 9.78 Å². The van der Waals surface area contributed by atoms with Crippen LogP contribution < -0.4 is 28.1 Å². The molecule has 274 valence electrons. The number of rotatable bonds is 12. The molecule has 4 rings (SSSR count). The van der Waals surface area contributed by atoms with Crippen LogP contribution in [0.15, 0.2) is 41.6 Å². The summed E-state index contributed by atoms with van der Waals surface area (Å²) in [5, 5.41) is 0.693. The molecule has 10 nitrogen and oxygen atoms in total. The number of halogens is 3. The van der Waals surface area contributed by atoms with Crippen molar-refractivity contribution in [2.24, 2.45) is 0 Å². The van der Waals surface area contributed by atoms with E-state index in [0.717, 1.165) is 16.2 Å². The van der Waals surface area contributed by atoms with E-state index >= 15 is 0 Å². The Balaban J connectivity index is 2.03. The van der Waals surface area contributed by atoms with Crippen LogP contribution in [0.2, 0.25) is 18.1 Å². The molecule has 0 aliphatic carbocycles. The first-order chi connectivity index (χ1) is 23.5. The predicted molar refractivity (Wildman–Crippen MR) is 202 cm³/mol. The Labute approximate surface area is 315 Å². The lowest BCUT2D eigenvalue weighted by atomic mass is 9.84. The number of carbonyl (C=O) groups excluding carboxylic acids is 1. The molecule has 2 heterocycles. The molecule has 1 atom stereocenters. The standard InChI is InChI=1S/C35H45Cl3N2O8SSi/c1-34(2,3)50(9,10)48-30-24(42-4)17-21(18-25(30)43-5)27-28-22(29(44-6)32(46-8)31(27)45-7)14-16-40(33(41)47-20-35(36,37)38)23(28)19-49-26-13-11-12-15-39-26/h11-13,15,17-18,23H,14,16,19-20H2,1-10H3. The van der Waals surface area contributed by atoms with E-state index in [1.54, 1.807) is 46.6 Å². The molecule has 0 saturated heterocycles. The number of carbonyl (C=O) groups is 1. The summed E-state index contributed by atoms with van der Waals surface area (Å²) in [5.74, 6) is 3.16. The average molecular weight is 788 g/mol. The zero-order valence-electron chi connectivity index (χ0n) is 30.1. The van der Waals surface area contributed by atoms with E-state index in [-0.39, 0.29) is 11.6 Å². The maximum atomic E-state index is 13.8. The molecule has 1 aromatic heterocycles. The summed E-state index contributed by atoms with van der Waals surface area (Å²) >= 11 is 19.4. The fraction of sp³-hybridized carbons (Fsp3) is 0.486. The van der Waals surface area contributed by atoms with Gasteiger partial charge in [0, 0.05) is 29.6 Å². The Morgan fingerprint density at radius 3 is 2.04 bits per heavy atom. The highest BCUT2D eigenvalue weighted by atomic mass is 35.6. The van der Waals surface area contributed by atoms with Crippen LogP contribution >= 0.6 is 46.6 Å². The van der Waals surface area contributed by atoms with Crippen LogP contribution in [0.1, 0.15) is 37.9 Å². The lowest BCUT2D eigenvalue weighted by molar-refractivity contribution is 0.0879. The van der Waals surface area contributed by atoms with Gasteiger partial charge in [0.1, 0.15) is 6.61 Å². The van der Waals surface area contributed by atoms with Crippen molar-refractivity contribution in [3.8, 4) is 45.6 Å². The van der Waals surface area contributed by atoms with Gasteiger partial charge in [-0.15, -0.1) is 11.8 Å². The van der Waals surface area contributed by atoms with Crippen LogP contribution in [0.3, 0.4) is 0 Å². The highest BCUT2D eigenvalue weighted by Crippen LogP contribution is 2.56. The van der Waals surface area contributed by atoms with Crippen molar-refractivity contribution in [2.45, 2.75) is 60.2 Å². The van der Waals surface area contributed by atoms with Crippen molar-refractivity contribution in [2.75, 3.05) is 54.5 Å². The molecule has 0 radical (unpaired) electrons. The van der Waals surface area contributed by atoms with E-state index in [0.29, 0.717) is 57.8 Å². The number of hydrogen-bond donors (Lipinski definition) is 0. The van der Waals surface area contributed by atoms with Gasteiger partial charge in [0.15, 0.2) is 28.7 Å². The number of hydrogen-bond acceptors (Lipinski definition) is 10. The molecule has 2 aromatic carbocycles. The van der Waals surface area contributed by atoms with Crippen LogP contribution in [-0.2, 0) is 11.2 Å². The minimum Gasteiger partial charge on any atom is -0.539 e. The van der Waals surface area contributed by atoms with Crippen molar-refractivity contribution in [3.63, 3.8) is 0 Å². The maximum Gasteiger partial charge on any atom is 0.410 e. The largest absolute Gasteiger partial charge is 0.539 e. The van der Waals surface area contributed by atoms with Crippen LogP contribution in [-0.4, -0.2) is 82.5 Å². The first-order valence-electron chi connectivity index (χ1n) is 15.9. The van der Waals surface area contributed by atoms with Crippen LogP contribution in [0, 0.1) is 0 Å². The zero-order chi connectivity index (χ0) is 37.0. The van der Waals surface area contributed by atoms with Gasteiger partial charge in [-0.1, -0.05) is 61.6 Å². The Hall–Kier alpha value is -2.90. The fourth-order valence-corrected chi connectivity index (χ4v) is 7.71. The van der Waals surface area contributed by atoms with E-state index in [4.69, 9.17) is 67.7 Å². The summed E-state index contributed by atoms with van der Waals surface area (Å²) in [6, 6.07) is 8.85.